The van der Waals surface area contributed by atoms with Crippen LogP contribution in [-0.4, -0.2) is 35.2 Å². The zero-order valence-electron chi connectivity index (χ0n) is 11.7. The number of anilines is 2. The summed E-state index contributed by atoms with van der Waals surface area (Å²) in [5.41, 5.74) is 2.43. The van der Waals surface area contributed by atoms with Crippen molar-refractivity contribution in [1.82, 2.24) is 9.97 Å². The molecule has 1 rings (SSSR count). The Balaban J connectivity index is 2.67. The molecule has 0 saturated heterocycles. The second kappa shape index (κ2) is 8.23. The van der Waals surface area contributed by atoms with E-state index in [1.807, 2.05) is 0 Å². The van der Waals surface area contributed by atoms with Crippen molar-refractivity contribution < 1.29 is 9.66 Å². The van der Waals surface area contributed by atoms with Gasteiger partial charge >= 0.3 is 5.69 Å². The Labute approximate surface area is 117 Å². The van der Waals surface area contributed by atoms with Crippen LogP contribution in [0.3, 0.4) is 0 Å². The molecule has 0 aliphatic heterocycles. The highest BCUT2D eigenvalue weighted by Gasteiger charge is 2.21. The number of aromatic nitrogens is 2. The summed E-state index contributed by atoms with van der Waals surface area (Å²) in [5, 5.41) is 14.0. The maximum absolute atomic E-state index is 11.0. The van der Waals surface area contributed by atoms with Crippen molar-refractivity contribution in [3.05, 3.63) is 15.8 Å². The Morgan fingerprint density at radius 2 is 2.10 bits per heavy atom. The van der Waals surface area contributed by atoms with Gasteiger partial charge < -0.3 is 10.1 Å². The minimum Gasteiger partial charge on any atom is -0.385 e. The number of nitrogens with one attached hydrogen (secondary N) is 2. The Morgan fingerprint density at radius 1 is 1.35 bits per heavy atom. The summed E-state index contributed by atoms with van der Waals surface area (Å²) in [6.45, 7) is 2.85. The van der Waals surface area contributed by atoms with Crippen LogP contribution in [-0.2, 0) is 4.74 Å². The van der Waals surface area contributed by atoms with Crippen LogP contribution in [0.25, 0.3) is 0 Å². The van der Waals surface area contributed by atoms with Gasteiger partial charge in [0.25, 0.3) is 0 Å². The number of hydrazine groups is 1. The highest BCUT2D eigenvalue weighted by atomic mass is 16.6. The first-order chi connectivity index (χ1) is 9.60. The van der Waals surface area contributed by atoms with E-state index in [0.717, 1.165) is 19.3 Å². The molecule has 1 aromatic heterocycles. The average Bonchev–Trinajstić information content (AvgIpc) is 2.41. The van der Waals surface area contributed by atoms with Gasteiger partial charge in [0.05, 0.1) is 4.92 Å². The SMILES string of the molecule is COCCCCCNc1nc(NN)nc(C)c1[N+](=O)[O-]. The maximum Gasteiger partial charge on any atom is 0.332 e. The van der Waals surface area contributed by atoms with Crippen molar-refractivity contribution >= 4 is 17.5 Å². The molecule has 4 N–H and O–H groups in total. The van der Waals surface area contributed by atoms with E-state index >= 15 is 0 Å². The van der Waals surface area contributed by atoms with Gasteiger partial charge in [-0.05, 0) is 26.2 Å². The molecule has 1 aromatic rings. The number of nitrogens with two attached hydrogens (primary N) is 1. The smallest absolute Gasteiger partial charge is 0.332 e. The number of nitro groups is 1. The number of hydrogen-bond donors (Lipinski definition) is 3. The first kappa shape index (κ1) is 16.1. The average molecular weight is 284 g/mol. The summed E-state index contributed by atoms with van der Waals surface area (Å²) in [7, 11) is 1.66. The highest BCUT2D eigenvalue weighted by molar-refractivity contribution is 5.60. The molecular weight excluding hydrogens is 264 g/mol. The third-order valence-electron chi connectivity index (χ3n) is 2.69. The lowest BCUT2D eigenvalue weighted by molar-refractivity contribution is -0.385. The zero-order chi connectivity index (χ0) is 15.0. The molecule has 0 unspecified atom stereocenters. The van der Waals surface area contributed by atoms with E-state index in [4.69, 9.17) is 10.6 Å². The molecule has 1 heterocycles. The monoisotopic (exact) mass is 284 g/mol. The molecule has 0 radical (unpaired) electrons. The summed E-state index contributed by atoms with van der Waals surface area (Å²) in [6.07, 6.45) is 2.80. The van der Waals surface area contributed by atoms with E-state index in [9.17, 15) is 10.1 Å². The van der Waals surface area contributed by atoms with Crippen molar-refractivity contribution in [3.63, 3.8) is 0 Å². The summed E-state index contributed by atoms with van der Waals surface area (Å²) < 4.78 is 4.95. The lowest BCUT2D eigenvalue weighted by Crippen LogP contribution is -2.15. The van der Waals surface area contributed by atoms with Crippen LogP contribution in [0.1, 0.15) is 25.0 Å². The topological polar surface area (TPSA) is 128 Å². The Hall–Kier alpha value is -2.00. The number of rotatable bonds is 9. The first-order valence-corrected chi connectivity index (χ1v) is 6.32. The van der Waals surface area contributed by atoms with Crippen LogP contribution >= 0.6 is 0 Å². The van der Waals surface area contributed by atoms with Crippen molar-refractivity contribution in [3.8, 4) is 0 Å². The van der Waals surface area contributed by atoms with Crippen LogP contribution in [0.4, 0.5) is 17.5 Å². The van der Waals surface area contributed by atoms with Gasteiger partial charge in [-0.3, -0.25) is 15.5 Å². The van der Waals surface area contributed by atoms with Crippen molar-refractivity contribution in [2.75, 3.05) is 31.0 Å². The van der Waals surface area contributed by atoms with Gasteiger partial charge in [0.15, 0.2) is 0 Å². The molecule has 20 heavy (non-hydrogen) atoms. The van der Waals surface area contributed by atoms with Gasteiger partial charge in [-0.2, -0.15) is 4.98 Å². The number of aryl methyl sites for hydroxylation is 1. The molecule has 0 fully saturated rings. The third kappa shape index (κ3) is 4.59. The second-order valence-corrected chi connectivity index (χ2v) is 4.21. The molecule has 0 saturated carbocycles. The van der Waals surface area contributed by atoms with E-state index in [-0.39, 0.29) is 23.1 Å². The Bertz CT molecular complexity index is 454. The van der Waals surface area contributed by atoms with E-state index in [0.29, 0.717) is 13.2 Å². The molecular formula is C11H20N6O3. The molecule has 0 amide bonds. The fourth-order valence-corrected chi connectivity index (χ4v) is 1.73. The van der Waals surface area contributed by atoms with Gasteiger partial charge in [-0.15, -0.1) is 0 Å². The number of methoxy groups -OCH3 is 1. The van der Waals surface area contributed by atoms with Crippen LogP contribution in [0.2, 0.25) is 0 Å². The fraction of sp³-hybridized carbons (Fsp3) is 0.636. The van der Waals surface area contributed by atoms with Crippen molar-refractivity contribution in [2.24, 2.45) is 5.84 Å². The summed E-state index contributed by atoms with van der Waals surface area (Å²) >= 11 is 0. The fourth-order valence-electron chi connectivity index (χ4n) is 1.73. The van der Waals surface area contributed by atoms with Gasteiger partial charge in [0, 0.05) is 20.3 Å². The number of ether oxygens (including phenoxy) is 1. The summed E-state index contributed by atoms with van der Waals surface area (Å²) in [6, 6.07) is 0. The lowest BCUT2D eigenvalue weighted by atomic mass is 10.2. The normalized spacial score (nSPS) is 10.3. The van der Waals surface area contributed by atoms with E-state index in [1.54, 1.807) is 14.0 Å². The van der Waals surface area contributed by atoms with Gasteiger partial charge in [0.1, 0.15) is 5.69 Å². The minimum atomic E-state index is -0.497. The molecule has 9 nitrogen and oxygen atoms in total. The van der Waals surface area contributed by atoms with E-state index < -0.39 is 4.92 Å². The zero-order valence-corrected chi connectivity index (χ0v) is 11.7. The molecule has 0 bridgehead atoms. The minimum absolute atomic E-state index is 0.124. The third-order valence-corrected chi connectivity index (χ3v) is 2.69. The summed E-state index contributed by atoms with van der Waals surface area (Å²) in [4.78, 5) is 18.4. The Morgan fingerprint density at radius 3 is 2.70 bits per heavy atom. The maximum atomic E-state index is 11.0. The van der Waals surface area contributed by atoms with E-state index in [1.165, 1.54) is 0 Å². The molecule has 0 aliphatic rings. The molecule has 0 atom stereocenters. The number of hydrogen-bond acceptors (Lipinski definition) is 8. The predicted molar refractivity (Wildman–Crippen MR) is 75.5 cm³/mol. The van der Waals surface area contributed by atoms with Crippen LogP contribution in [0.5, 0.6) is 0 Å². The molecule has 9 heteroatoms. The van der Waals surface area contributed by atoms with Gasteiger partial charge in [-0.1, -0.05) is 0 Å². The van der Waals surface area contributed by atoms with Gasteiger partial charge in [-0.25, -0.2) is 10.8 Å². The van der Waals surface area contributed by atoms with Crippen LogP contribution in [0.15, 0.2) is 0 Å². The Kier molecular flexibility index (Phi) is 6.60. The number of nitrogens with zero attached hydrogens (tertiary/aromatic N) is 3. The molecule has 112 valence electrons. The summed E-state index contributed by atoms with van der Waals surface area (Å²) in [5.74, 6) is 5.57. The quantitative estimate of drug-likeness (QED) is 0.267. The molecule has 0 spiro atoms. The highest BCUT2D eigenvalue weighted by Crippen LogP contribution is 2.26. The van der Waals surface area contributed by atoms with Gasteiger partial charge in [0.2, 0.25) is 11.8 Å². The van der Waals surface area contributed by atoms with Crippen LogP contribution in [0, 0.1) is 17.0 Å². The molecule has 0 aliphatic carbocycles. The second-order valence-electron chi connectivity index (χ2n) is 4.21. The predicted octanol–water partition coefficient (Wildman–Crippen LogP) is 1.21. The van der Waals surface area contributed by atoms with Crippen LogP contribution < -0.4 is 16.6 Å². The number of unbranched alkanes of at least 4 members (excludes halogenated alkanes) is 2. The lowest BCUT2D eigenvalue weighted by Gasteiger charge is -2.09. The standard InChI is InChI=1S/C11H20N6O3/c1-8-9(17(18)19)10(15-11(14-8)16-12)13-6-4-3-5-7-20-2/h3-7,12H2,1-2H3,(H2,13,14,15,16). The molecule has 0 aromatic carbocycles. The first-order valence-electron chi connectivity index (χ1n) is 6.32. The number of nitrogen functional groups attached to an aromatic ring is 1. The van der Waals surface area contributed by atoms with Crippen molar-refractivity contribution in [2.45, 2.75) is 26.2 Å². The van der Waals surface area contributed by atoms with Crippen molar-refractivity contribution in [1.29, 1.82) is 0 Å². The van der Waals surface area contributed by atoms with E-state index in [2.05, 4.69) is 20.7 Å². The largest absolute Gasteiger partial charge is 0.385 e.